The van der Waals surface area contributed by atoms with E-state index in [4.69, 9.17) is 0 Å². The van der Waals surface area contributed by atoms with Gasteiger partial charge < -0.3 is 4.90 Å². The highest BCUT2D eigenvalue weighted by Gasteiger charge is 2.24. The summed E-state index contributed by atoms with van der Waals surface area (Å²) in [5, 5.41) is 0. The summed E-state index contributed by atoms with van der Waals surface area (Å²) in [6.45, 7) is 2.73. The van der Waals surface area contributed by atoms with Gasteiger partial charge in [-0.3, -0.25) is 9.78 Å². The summed E-state index contributed by atoms with van der Waals surface area (Å²) in [5.74, 6) is 0.0535. The number of fused-ring (bicyclic) bond motifs is 1. The van der Waals surface area contributed by atoms with Gasteiger partial charge in [-0.2, -0.15) is 0 Å². The average Bonchev–Trinajstić information content (AvgIpc) is 2.46. The van der Waals surface area contributed by atoms with Crippen LogP contribution in [0, 0.1) is 6.92 Å². The third-order valence-electron chi connectivity index (χ3n) is 3.62. The maximum Gasteiger partial charge on any atom is 0.260 e. The normalized spacial score (nSPS) is 14.1. The van der Waals surface area contributed by atoms with E-state index < -0.39 is 0 Å². The Morgan fingerprint density at radius 3 is 2.95 bits per heavy atom. The molecule has 2 aromatic rings. The van der Waals surface area contributed by atoms with Crippen LogP contribution in [0.15, 0.2) is 42.7 Å². The molecule has 3 nitrogen and oxygen atoms in total. The quantitative estimate of drug-likeness (QED) is 0.781. The van der Waals surface area contributed by atoms with E-state index in [0.29, 0.717) is 5.56 Å². The summed E-state index contributed by atoms with van der Waals surface area (Å²) in [5.41, 5.74) is 3.97. The molecule has 1 aliphatic heterocycles. The van der Waals surface area contributed by atoms with Gasteiger partial charge in [-0.15, -0.1) is 0 Å². The van der Waals surface area contributed by atoms with Gasteiger partial charge in [0.15, 0.2) is 0 Å². The number of anilines is 1. The lowest BCUT2D eigenvalue weighted by Crippen LogP contribution is -2.35. The summed E-state index contributed by atoms with van der Waals surface area (Å²) in [7, 11) is 0. The second kappa shape index (κ2) is 4.84. The van der Waals surface area contributed by atoms with Crippen LogP contribution in [-0.2, 0) is 6.42 Å². The third kappa shape index (κ3) is 2.12. The molecule has 0 radical (unpaired) electrons. The predicted molar refractivity (Wildman–Crippen MR) is 75.4 cm³/mol. The van der Waals surface area contributed by atoms with E-state index in [1.165, 1.54) is 5.56 Å². The number of aromatic nitrogens is 1. The van der Waals surface area contributed by atoms with Gasteiger partial charge in [-0.25, -0.2) is 0 Å². The molecule has 0 bridgehead atoms. The minimum Gasteiger partial charge on any atom is -0.308 e. The van der Waals surface area contributed by atoms with E-state index in [2.05, 4.69) is 11.1 Å². The fraction of sp³-hybridized carbons (Fsp3) is 0.250. The SMILES string of the molecule is Cc1ccncc1C(=O)N1CCCc2ccccc21. The number of hydrogen-bond donors (Lipinski definition) is 0. The van der Waals surface area contributed by atoms with Crippen molar-refractivity contribution in [1.82, 2.24) is 4.98 Å². The zero-order chi connectivity index (χ0) is 13.2. The number of para-hydroxylation sites is 1. The third-order valence-corrected chi connectivity index (χ3v) is 3.62. The van der Waals surface area contributed by atoms with Crippen LogP contribution < -0.4 is 4.90 Å². The fourth-order valence-electron chi connectivity index (χ4n) is 2.58. The van der Waals surface area contributed by atoms with Gasteiger partial charge in [0.2, 0.25) is 0 Å². The first kappa shape index (κ1) is 11.9. The van der Waals surface area contributed by atoms with Crippen LogP contribution >= 0.6 is 0 Å². The molecular weight excluding hydrogens is 236 g/mol. The average molecular weight is 252 g/mol. The van der Waals surface area contributed by atoms with Crippen molar-refractivity contribution in [3.05, 3.63) is 59.4 Å². The number of hydrogen-bond acceptors (Lipinski definition) is 2. The lowest BCUT2D eigenvalue weighted by Gasteiger charge is -2.29. The highest BCUT2D eigenvalue weighted by Crippen LogP contribution is 2.28. The van der Waals surface area contributed by atoms with Gasteiger partial charge in [0.05, 0.1) is 5.56 Å². The standard InChI is InChI=1S/C16H16N2O/c1-12-8-9-17-11-14(12)16(19)18-10-4-6-13-5-2-3-7-15(13)18/h2-3,5,7-9,11H,4,6,10H2,1H3. The van der Waals surface area contributed by atoms with Crippen LogP contribution in [0.3, 0.4) is 0 Å². The number of carbonyl (C=O) groups is 1. The fourth-order valence-corrected chi connectivity index (χ4v) is 2.58. The van der Waals surface area contributed by atoms with Crippen molar-refractivity contribution < 1.29 is 4.79 Å². The van der Waals surface area contributed by atoms with E-state index in [1.807, 2.05) is 36.1 Å². The number of carbonyl (C=O) groups excluding carboxylic acids is 1. The highest BCUT2D eigenvalue weighted by atomic mass is 16.2. The van der Waals surface area contributed by atoms with Crippen molar-refractivity contribution >= 4 is 11.6 Å². The Bertz CT molecular complexity index is 622. The summed E-state index contributed by atoms with van der Waals surface area (Å²) >= 11 is 0. The second-order valence-electron chi connectivity index (χ2n) is 4.88. The molecule has 0 fully saturated rings. The first-order chi connectivity index (χ1) is 9.27. The zero-order valence-electron chi connectivity index (χ0n) is 11.0. The molecule has 19 heavy (non-hydrogen) atoms. The molecule has 0 saturated carbocycles. The molecule has 96 valence electrons. The topological polar surface area (TPSA) is 33.2 Å². The van der Waals surface area contributed by atoms with Crippen molar-refractivity contribution in [1.29, 1.82) is 0 Å². The van der Waals surface area contributed by atoms with Crippen LogP contribution in [0.1, 0.15) is 27.9 Å². The molecule has 0 unspecified atom stereocenters. The Balaban J connectivity index is 2.00. The first-order valence-corrected chi connectivity index (χ1v) is 6.58. The zero-order valence-corrected chi connectivity index (χ0v) is 11.0. The van der Waals surface area contributed by atoms with Gasteiger partial charge >= 0.3 is 0 Å². The lowest BCUT2D eigenvalue weighted by atomic mass is 10.0. The smallest absolute Gasteiger partial charge is 0.260 e. The second-order valence-corrected chi connectivity index (χ2v) is 4.88. The Kier molecular flexibility index (Phi) is 3.03. The molecule has 0 atom stereocenters. The van der Waals surface area contributed by atoms with E-state index in [-0.39, 0.29) is 5.91 Å². The largest absolute Gasteiger partial charge is 0.308 e. The summed E-state index contributed by atoms with van der Waals surface area (Å²) in [6.07, 6.45) is 5.44. The Morgan fingerprint density at radius 2 is 2.11 bits per heavy atom. The predicted octanol–water partition coefficient (Wildman–Crippen LogP) is 2.98. The Hall–Kier alpha value is -2.16. The number of nitrogens with zero attached hydrogens (tertiary/aromatic N) is 2. The van der Waals surface area contributed by atoms with Gasteiger partial charge in [-0.1, -0.05) is 18.2 Å². The van der Waals surface area contributed by atoms with Crippen molar-refractivity contribution in [2.75, 3.05) is 11.4 Å². The molecule has 1 aromatic carbocycles. The number of benzene rings is 1. The number of amides is 1. The monoisotopic (exact) mass is 252 g/mol. The summed E-state index contributed by atoms with van der Waals surface area (Å²) in [4.78, 5) is 18.6. The van der Waals surface area contributed by atoms with Crippen LogP contribution in [0.2, 0.25) is 0 Å². The van der Waals surface area contributed by atoms with Crippen LogP contribution in [-0.4, -0.2) is 17.4 Å². The van der Waals surface area contributed by atoms with Crippen LogP contribution in [0.5, 0.6) is 0 Å². The van der Waals surface area contributed by atoms with Crippen molar-refractivity contribution in [2.24, 2.45) is 0 Å². The molecule has 1 aliphatic rings. The van der Waals surface area contributed by atoms with Gasteiger partial charge in [0.25, 0.3) is 5.91 Å². The summed E-state index contributed by atoms with van der Waals surface area (Å²) < 4.78 is 0. The minimum atomic E-state index is 0.0535. The van der Waals surface area contributed by atoms with Gasteiger partial charge in [0.1, 0.15) is 0 Å². The van der Waals surface area contributed by atoms with Crippen LogP contribution in [0.4, 0.5) is 5.69 Å². The molecule has 0 aliphatic carbocycles. The Morgan fingerprint density at radius 1 is 1.26 bits per heavy atom. The number of pyridine rings is 1. The number of aryl methyl sites for hydroxylation is 2. The van der Waals surface area contributed by atoms with Gasteiger partial charge in [-0.05, 0) is 43.0 Å². The molecule has 0 saturated heterocycles. The molecule has 0 spiro atoms. The molecular formula is C16H16N2O. The van der Waals surface area contributed by atoms with E-state index >= 15 is 0 Å². The van der Waals surface area contributed by atoms with Crippen LogP contribution in [0.25, 0.3) is 0 Å². The van der Waals surface area contributed by atoms with E-state index in [9.17, 15) is 4.79 Å². The van der Waals surface area contributed by atoms with Crippen molar-refractivity contribution in [3.8, 4) is 0 Å². The number of rotatable bonds is 1. The van der Waals surface area contributed by atoms with Crippen molar-refractivity contribution in [3.63, 3.8) is 0 Å². The first-order valence-electron chi connectivity index (χ1n) is 6.58. The van der Waals surface area contributed by atoms with Crippen molar-refractivity contribution in [2.45, 2.75) is 19.8 Å². The highest BCUT2D eigenvalue weighted by molar-refractivity contribution is 6.07. The Labute approximate surface area is 112 Å². The molecule has 3 heteroatoms. The maximum atomic E-state index is 12.7. The molecule has 1 aromatic heterocycles. The van der Waals surface area contributed by atoms with E-state index in [0.717, 1.165) is 30.6 Å². The van der Waals surface area contributed by atoms with Gasteiger partial charge in [0, 0.05) is 24.6 Å². The maximum absolute atomic E-state index is 12.7. The molecule has 3 rings (SSSR count). The van der Waals surface area contributed by atoms with E-state index in [1.54, 1.807) is 12.4 Å². The molecule has 0 N–H and O–H groups in total. The summed E-state index contributed by atoms with van der Waals surface area (Å²) in [6, 6.07) is 10.0. The molecule has 2 heterocycles. The minimum absolute atomic E-state index is 0.0535. The lowest BCUT2D eigenvalue weighted by molar-refractivity contribution is 0.0984. The molecule has 1 amide bonds.